The van der Waals surface area contributed by atoms with E-state index in [2.05, 4.69) is 26.1 Å². The molecule has 2 aliphatic rings. The molecule has 0 unspecified atom stereocenters. The third kappa shape index (κ3) is 2.95. The third-order valence-corrected chi connectivity index (χ3v) is 5.71. The first kappa shape index (κ1) is 16.3. The van der Waals surface area contributed by atoms with Crippen LogP contribution >= 0.6 is 0 Å². The molecule has 0 spiro atoms. The largest absolute Gasteiger partial charge is 0.364 e. The first-order valence-corrected chi connectivity index (χ1v) is 9.80. The number of rotatable bonds is 3. The van der Waals surface area contributed by atoms with Crippen LogP contribution in [0.4, 0.5) is 5.82 Å². The predicted molar refractivity (Wildman–Crippen MR) is 105 cm³/mol. The fourth-order valence-electron chi connectivity index (χ4n) is 4.24. The normalized spacial score (nSPS) is 17.6. The number of hydrogen-bond donors (Lipinski definition) is 2. The highest BCUT2D eigenvalue weighted by atomic mass is 16.1. The van der Waals surface area contributed by atoms with E-state index < -0.39 is 0 Å². The van der Waals surface area contributed by atoms with E-state index in [1.165, 1.54) is 38.5 Å². The Labute approximate surface area is 158 Å². The number of imidazole rings is 1. The van der Waals surface area contributed by atoms with Gasteiger partial charge in [-0.25, -0.2) is 9.97 Å². The molecule has 3 heterocycles. The Morgan fingerprint density at radius 3 is 2.81 bits per heavy atom. The van der Waals surface area contributed by atoms with Crippen LogP contribution in [0.5, 0.6) is 0 Å². The van der Waals surface area contributed by atoms with Gasteiger partial charge < -0.3 is 10.6 Å². The van der Waals surface area contributed by atoms with Gasteiger partial charge in [0.1, 0.15) is 0 Å². The molecular formula is C21H23N5O. The molecule has 3 aromatic rings. The number of nitrogens with one attached hydrogen (secondary N) is 2. The summed E-state index contributed by atoms with van der Waals surface area (Å²) in [5.74, 6) is 0.860. The summed E-state index contributed by atoms with van der Waals surface area (Å²) < 4.78 is 2.08. The van der Waals surface area contributed by atoms with Crippen LogP contribution in [0.2, 0.25) is 0 Å². The molecule has 1 saturated carbocycles. The Morgan fingerprint density at radius 2 is 1.96 bits per heavy atom. The molecule has 2 N–H and O–H groups in total. The molecule has 6 nitrogen and oxygen atoms in total. The van der Waals surface area contributed by atoms with Gasteiger partial charge in [-0.3, -0.25) is 9.20 Å². The molecule has 138 valence electrons. The number of hydrogen-bond acceptors (Lipinski definition) is 4. The molecule has 6 heteroatoms. The molecule has 1 fully saturated rings. The van der Waals surface area contributed by atoms with Gasteiger partial charge in [0, 0.05) is 36.1 Å². The lowest BCUT2D eigenvalue weighted by Gasteiger charge is -2.18. The zero-order valence-corrected chi connectivity index (χ0v) is 15.2. The minimum absolute atomic E-state index is 0.00500. The third-order valence-electron chi connectivity index (χ3n) is 5.71. The number of carbonyl (C=O) groups excluding carboxylic acids is 1. The summed E-state index contributed by atoms with van der Waals surface area (Å²) in [6.45, 7) is 0.587. The summed E-state index contributed by atoms with van der Waals surface area (Å²) in [7, 11) is 0. The fraction of sp³-hybridized carbons (Fsp3) is 0.381. The summed E-state index contributed by atoms with van der Waals surface area (Å²) in [4.78, 5) is 21.1. The first-order chi connectivity index (χ1) is 13.3. The SMILES string of the molecule is O=C1NCc2cc(-c3cnc(NC4CCCCCC4)c4nccn34)ccc21. The molecule has 0 saturated heterocycles. The van der Waals surface area contributed by atoms with E-state index in [9.17, 15) is 4.79 Å². The van der Waals surface area contributed by atoms with Gasteiger partial charge in [0.2, 0.25) is 0 Å². The minimum atomic E-state index is 0.00500. The van der Waals surface area contributed by atoms with Crippen molar-refractivity contribution < 1.29 is 4.79 Å². The smallest absolute Gasteiger partial charge is 0.251 e. The van der Waals surface area contributed by atoms with Crippen molar-refractivity contribution in [1.82, 2.24) is 19.7 Å². The maximum Gasteiger partial charge on any atom is 0.251 e. The lowest BCUT2D eigenvalue weighted by atomic mass is 10.0. The molecule has 0 atom stereocenters. The van der Waals surface area contributed by atoms with Gasteiger partial charge in [0.25, 0.3) is 5.91 Å². The van der Waals surface area contributed by atoms with Crippen LogP contribution in [0.25, 0.3) is 16.9 Å². The molecule has 5 rings (SSSR count). The van der Waals surface area contributed by atoms with Crippen LogP contribution in [-0.2, 0) is 6.54 Å². The molecule has 1 aliphatic carbocycles. The van der Waals surface area contributed by atoms with Crippen LogP contribution in [0, 0.1) is 0 Å². The Bertz CT molecular complexity index is 1000. The minimum Gasteiger partial charge on any atom is -0.364 e. The van der Waals surface area contributed by atoms with E-state index in [4.69, 9.17) is 4.98 Å². The van der Waals surface area contributed by atoms with E-state index in [1.54, 1.807) is 0 Å². The summed E-state index contributed by atoms with van der Waals surface area (Å²) >= 11 is 0. The van der Waals surface area contributed by atoms with E-state index >= 15 is 0 Å². The van der Waals surface area contributed by atoms with E-state index in [0.29, 0.717) is 12.6 Å². The van der Waals surface area contributed by atoms with Gasteiger partial charge in [0.05, 0.1) is 11.9 Å². The van der Waals surface area contributed by atoms with Gasteiger partial charge in [0.15, 0.2) is 11.5 Å². The van der Waals surface area contributed by atoms with Crippen molar-refractivity contribution >= 4 is 17.4 Å². The summed E-state index contributed by atoms with van der Waals surface area (Å²) in [5, 5.41) is 6.50. The number of fused-ring (bicyclic) bond motifs is 2. The van der Waals surface area contributed by atoms with E-state index in [-0.39, 0.29) is 5.91 Å². The van der Waals surface area contributed by atoms with Crippen molar-refractivity contribution in [2.75, 3.05) is 5.32 Å². The maximum absolute atomic E-state index is 11.8. The molecule has 0 radical (unpaired) electrons. The Balaban J connectivity index is 1.50. The van der Waals surface area contributed by atoms with Crippen LogP contribution in [0.3, 0.4) is 0 Å². The molecule has 1 amide bonds. The molecular weight excluding hydrogens is 338 g/mol. The zero-order chi connectivity index (χ0) is 18.2. The molecule has 1 aliphatic heterocycles. The highest BCUT2D eigenvalue weighted by Crippen LogP contribution is 2.28. The lowest BCUT2D eigenvalue weighted by Crippen LogP contribution is -2.19. The molecule has 2 aromatic heterocycles. The number of amides is 1. The number of benzene rings is 1. The van der Waals surface area contributed by atoms with E-state index in [1.807, 2.05) is 30.7 Å². The maximum atomic E-state index is 11.8. The second-order valence-electron chi connectivity index (χ2n) is 7.50. The zero-order valence-electron chi connectivity index (χ0n) is 15.2. The predicted octanol–water partition coefficient (Wildman–Crippen LogP) is 3.77. The molecule has 0 bridgehead atoms. The van der Waals surface area contributed by atoms with Crippen molar-refractivity contribution in [1.29, 1.82) is 0 Å². The van der Waals surface area contributed by atoms with Gasteiger partial charge in [-0.2, -0.15) is 0 Å². The summed E-state index contributed by atoms with van der Waals surface area (Å²) in [6.07, 6.45) is 13.3. The fourth-order valence-corrected chi connectivity index (χ4v) is 4.24. The summed E-state index contributed by atoms with van der Waals surface area (Å²) in [5.41, 5.74) is 4.68. The van der Waals surface area contributed by atoms with Crippen molar-refractivity contribution in [2.45, 2.75) is 51.1 Å². The first-order valence-electron chi connectivity index (χ1n) is 9.80. The number of nitrogens with zero attached hydrogens (tertiary/aromatic N) is 3. The Hall–Kier alpha value is -2.89. The number of aromatic nitrogens is 3. The lowest BCUT2D eigenvalue weighted by molar-refractivity contribution is 0.0966. The van der Waals surface area contributed by atoms with Gasteiger partial charge >= 0.3 is 0 Å². The van der Waals surface area contributed by atoms with Gasteiger partial charge in [-0.15, -0.1) is 0 Å². The summed E-state index contributed by atoms with van der Waals surface area (Å²) in [6, 6.07) is 6.43. The van der Waals surface area contributed by atoms with Crippen molar-refractivity contribution in [2.24, 2.45) is 0 Å². The second kappa shape index (κ2) is 6.68. The van der Waals surface area contributed by atoms with Crippen molar-refractivity contribution in [3.05, 3.63) is 47.9 Å². The van der Waals surface area contributed by atoms with Crippen LogP contribution in [-0.4, -0.2) is 26.3 Å². The average Bonchev–Trinajstić information content (AvgIpc) is 3.23. The van der Waals surface area contributed by atoms with Crippen molar-refractivity contribution in [3.63, 3.8) is 0 Å². The highest BCUT2D eigenvalue weighted by Gasteiger charge is 2.20. The monoisotopic (exact) mass is 361 g/mol. The van der Waals surface area contributed by atoms with Crippen molar-refractivity contribution in [3.8, 4) is 11.3 Å². The van der Waals surface area contributed by atoms with Gasteiger partial charge in [-0.1, -0.05) is 31.7 Å². The van der Waals surface area contributed by atoms with Crippen LogP contribution < -0.4 is 10.6 Å². The van der Waals surface area contributed by atoms with Crippen LogP contribution in [0.15, 0.2) is 36.8 Å². The highest BCUT2D eigenvalue weighted by molar-refractivity contribution is 5.98. The van der Waals surface area contributed by atoms with E-state index in [0.717, 1.165) is 33.8 Å². The quantitative estimate of drug-likeness (QED) is 0.697. The molecule has 27 heavy (non-hydrogen) atoms. The number of anilines is 1. The Morgan fingerprint density at radius 1 is 1.11 bits per heavy atom. The van der Waals surface area contributed by atoms with Crippen LogP contribution in [0.1, 0.15) is 54.4 Å². The average molecular weight is 361 g/mol. The number of carbonyl (C=O) groups is 1. The Kier molecular flexibility index (Phi) is 4.03. The molecule has 1 aromatic carbocycles. The standard InChI is InChI=1S/C21H23N5O/c27-21-17-8-7-14(11-15(17)12-24-21)18-13-23-19(20-22-9-10-26(18)20)25-16-5-3-1-2-4-6-16/h7-11,13,16H,1-6,12H2,(H,23,25)(H,24,27). The van der Waals surface area contributed by atoms with Gasteiger partial charge in [-0.05, 0) is 30.5 Å². The topological polar surface area (TPSA) is 71.3 Å². The second-order valence-corrected chi connectivity index (χ2v) is 7.50.